The Balaban J connectivity index is 1.54. The molecule has 1 amide bonds. The molecule has 0 radical (unpaired) electrons. The molecular formula is C31H30N4O3S. The molecule has 0 saturated carbocycles. The second-order valence-electron chi connectivity index (χ2n) is 9.17. The third-order valence-corrected chi connectivity index (χ3v) is 7.83. The van der Waals surface area contributed by atoms with Crippen LogP contribution in [0.2, 0.25) is 0 Å². The van der Waals surface area contributed by atoms with Crippen LogP contribution in [0.1, 0.15) is 23.6 Å². The van der Waals surface area contributed by atoms with Crippen molar-refractivity contribution in [1.29, 1.82) is 0 Å². The molecule has 0 spiro atoms. The lowest BCUT2D eigenvalue weighted by Gasteiger charge is -2.16. The van der Waals surface area contributed by atoms with Gasteiger partial charge >= 0.3 is 0 Å². The van der Waals surface area contributed by atoms with Crippen LogP contribution >= 0.6 is 0 Å². The highest BCUT2D eigenvalue weighted by molar-refractivity contribution is 7.92. The molecule has 4 aromatic rings. The summed E-state index contributed by atoms with van der Waals surface area (Å²) in [5, 5.41) is 9.66. The van der Waals surface area contributed by atoms with E-state index >= 15 is 0 Å². The van der Waals surface area contributed by atoms with Gasteiger partial charge in [-0.05, 0) is 73.1 Å². The summed E-state index contributed by atoms with van der Waals surface area (Å²) in [6.45, 7) is 3.92. The van der Waals surface area contributed by atoms with Crippen LogP contribution in [0.25, 0.3) is 11.3 Å². The molecule has 0 atom stereocenters. The van der Waals surface area contributed by atoms with Crippen molar-refractivity contribution in [1.82, 2.24) is 5.32 Å². The summed E-state index contributed by atoms with van der Waals surface area (Å²) in [6.07, 6.45) is 0.921. The van der Waals surface area contributed by atoms with Crippen molar-refractivity contribution in [3.05, 3.63) is 120 Å². The molecule has 4 N–H and O–H groups in total. The molecule has 198 valence electrons. The van der Waals surface area contributed by atoms with E-state index in [9.17, 15) is 13.2 Å². The van der Waals surface area contributed by atoms with E-state index in [4.69, 9.17) is 0 Å². The molecule has 0 unspecified atom stereocenters. The van der Waals surface area contributed by atoms with Gasteiger partial charge in [0.1, 0.15) is 0 Å². The quantitative estimate of drug-likeness (QED) is 0.156. The number of para-hydroxylation sites is 1. The van der Waals surface area contributed by atoms with Crippen molar-refractivity contribution < 1.29 is 13.2 Å². The number of hydrogen-bond acceptors (Lipinski definition) is 5. The van der Waals surface area contributed by atoms with Crippen LogP contribution in [0, 0.1) is 0 Å². The summed E-state index contributed by atoms with van der Waals surface area (Å²) in [5.41, 5.74) is 5.35. The molecule has 0 saturated heterocycles. The zero-order valence-corrected chi connectivity index (χ0v) is 22.4. The molecule has 0 aliphatic carbocycles. The predicted molar refractivity (Wildman–Crippen MR) is 158 cm³/mol. The Morgan fingerprint density at radius 1 is 0.821 bits per heavy atom. The molecule has 39 heavy (non-hydrogen) atoms. The van der Waals surface area contributed by atoms with Crippen LogP contribution in [-0.4, -0.2) is 27.4 Å². The first-order chi connectivity index (χ1) is 18.9. The molecule has 5 rings (SSSR count). The van der Waals surface area contributed by atoms with Gasteiger partial charge < -0.3 is 16.0 Å². The van der Waals surface area contributed by atoms with Crippen molar-refractivity contribution in [3.8, 4) is 0 Å². The van der Waals surface area contributed by atoms with Gasteiger partial charge in [-0.15, -0.1) is 0 Å². The SMILES string of the molecule is CCNCCc1ccc(N/C(=C2\C(=O)Nc3ccc(S(=O)(=O)Nc4ccccc4)cc32)c2ccccc2)cc1. The minimum Gasteiger partial charge on any atom is -0.354 e. The lowest BCUT2D eigenvalue weighted by Crippen LogP contribution is -2.16. The second kappa shape index (κ2) is 11.6. The largest absolute Gasteiger partial charge is 0.354 e. The fraction of sp³-hybridized carbons (Fsp3) is 0.129. The van der Waals surface area contributed by atoms with Gasteiger partial charge in [-0.1, -0.05) is 67.6 Å². The summed E-state index contributed by atoms with van der Waals surface area (Å²) < 4.78 is 29.0. The second-order valence-corrected chi connectivity index (χ2v) is 10.9. The number of sulfonamides is 1. The Labute approximate surface area is 229 Å². The molecule has 1 heterocycles. The van der Waals surface area contributed by atoms with Crippen LogP contribution in [0.5, 0.6) is 0 Å². The van der Waals surface area contributed by atoms with Crippen LogP contribution in [0.3, 0.4) is 0 Å². The van der Waals surface area contributed by atoms with Crippen LogP contribution in [0.4, 0.5) is 17.1 Å². The van der Waals surface area contributed by atoms with Gasteiger partial charge in [-0.25, -0.2) is 8.42 Å². The Morgan fingerprint density at radius 3 is 2.21 bits per heavy atom. The number of rotatable bonds is 10. The van der Waals surface area contributed by atoms with Crippen LogP contribution in [-0.2, 0) is 21.2 Å². The van der Waals surface area contributed by atoms with Crippen LogP contribution in [0.15, 0.2) is 108 Å². The number of fused-ring (bicyclic) bond motifs is 1. The Kier molecular flexibility index (Phi) is 7.76. The van der Waals surface area contributed by atoms with Gasteiger partial charge in [0.25, 0.3) is 15.9 Å². The molecule has 1 aliphatic rings. The number of hydrogen-bond donors (Lipinski definition) is 4. The van der Waals surface area contributed by atoms with Crippen LogP contribution < -0.4 is 20.7 Å². The number of carbonyl (C=O) groups excluding carboxylic acids is 1. The number of nitrogens with one attached hydrogen (secondary N) is 4. The van der Waals surface area contributed by atoms with Crippen molar-refractivity contribution >= 4 is 44.3 Å². The average Bonchev–Trinajstić information content (AvgIpc) is 3.28. The van der Waals surface area contributed by atoms with E-state index < -0.39 is 10.0 Å². The normalized spacial score (nSPS) is 13.9. The molecule has 0 fully saturated rings. The van der Waals surface area contributed by atoms with Gasteiger partial charge in [0.05, 0.1) is 16.2 Å². The smallest absolute Gasteiger partial charge is 0.261 e. The number of amides is 1. The molecule has 7 nitrogen and oxygen atoms in total. The lowest BCUT2D eigenvalue weighted by molar-refractivity contribution is -0.110. The first-order valence-electron chi connectivity index (χ1n) is 12.8. The van der Waals surface area contributed by atoms with Crippen molar-refractivity contribution in [2.24, 2.45) is 0 Å². The van der Waals surface area contributed by atoms with E-state index in [-0.39, 0.29) is 10.8 Å². The molecule has 8 heteroatoms. The fourth-order valence-electron chi connectivity index (χ4n) is 4.47. The maximum absolute atomic E-state index is 13.3. The van der Waals surface area contributed by atoms with Gasteiger partial charge in [0.15, 0.2) is 0 Å². The maximum Gasteiger partial charge on any atom is 0.261 e. The third kappa shape index (κ3) is 6.03. The Morgan fingerprint density at radius 2 is 1.51 bits per heavy atom. The van der Waals surface area contributed by atoms with E-state index in [0.29, 0.717) is 28.2 Å². The summed E-state index contributed by atoms with van der Waals surface area (Å²) in [6, 6.07) is 31.0. The fourth-order valence-corrected chi connectivity index (χ4v) is 5.56. The minimum absolute atomic E-state index is 0.0663. The summed E-state index contributed by atoms with van der Waals surface area (Å²) in [5.74, 6) is -0.302. The standard InChI is InChI=1S/C31H30N4O3S/c1-2-32-20-19-22-13-15-24(16-14-22)33-30(23-9-5-3-6-10-23)29-27-21-26(17-18-28(27)34-31(29)36)39(37,38)35-25-11-7-4-8-12-25/h3-18,21,32-33,35H,2,19-20H2,1H3,(H,34,36)/b30-29-. The summed E-state index contributed by atoms with van der Waals surface area (Å²) in [4.78, 5) is 13.4. The number of likely N-dealkylation sites (N-methyl/N-ethyl adjacent to an activating group) is 1. The molecular weight excluding hydrogens is 508 g/mol. The van der Waals surface area contributed by atoms with E-state index in [0.717, 1.165) is 30.8 Å². The van der Waals surface area contributed by atoms with Crippen molar-refractivity contribution in [2.45, 2.75) is 18.2 Å². The number of carbonyl (C=O) groups is 1. The lowest BCUT2D eigenvalue weighted by atomic mass is 10.00. The highest BCUT2D eigenvalue weighted by Gasteiger charge is 2.30. The molecule has 4 aromatic carbocycles. The maximum atomic E-state index is 13.3. The third-order valence-electron chi connectivity index (χ3n) is 6.45. The highest BCUT2D eigenvalue weighted by atomic mass is 32.2. The van der Waals surface area contributed by atoms with E-state index in [1.807, 2.05) is 48.5 Å². The monoisotopic (exact) mass is 538 g/mol. The van der Waals surface area contributed by atoms with Gasteiger partial charge in [-0.3, -0.25) is 9.52 Å². The molecule has 0 bridgehead atoms. The topological polar surface area (TPSA) is 99.3 Å². The van der Waals surface area contributed by atoms with Gasteiger partial charge in [0, 0.05) is 22.6 Å². The van der Waals surface area contributed by atoms with E-state index in [2.05, 4.69) is 39.7 Å². The van der Waals surface area contributed by atoms with Gasteiger partial charge in [-0.2, -0.15) is 0 Å². The minimum atomic E-state index is -3.88. The van der Waals surface area contributed by atoms with E-state index in [1.54, 1.807) is 36.4 Å². The van der Waals surface area contributed by atoms with Crippen molar-refractivity contribution in [3.63, 3.8) is 0 Å². The first-order valence-corrected chi connectivity index (χ1v) is 14.3. The summed E-state index contributed by atoms with van der Waals surface area (Å²) in [7, 11) is -3.88. The zero-order valence-electron chi connectivity index (χ0n) is 21.6. The highest BCUT2D eigenvalue weighted by Crippen LogP contribution is 2.39. The Bertz CT molecular complexity index is 1600. The molecule has 0 aromatic heterocycles. The van der Waals surface area contributed by atoms with Gasteiger partial charge in [0.2, 0.25) is 0 Å². The Hall–Kier alpha value is -4.40. The predicted octanol–water partition coefficient (Wildman–Crippen LogP) is 5.57. The molecule has 1 aliphatic heterocycles. The summed E-state index contributed by atoms with van der Waals surface area (Å²) >= 11 is 0. The number of anilines is 3. The van der Waals surface area contributed by atoms with E-state index in [1.165, 1.54) is 11.6 Å². The number of benzene rings is 4. The average molecular weight is 539 g/mol. The zero-order chi connectivity index (χ0) is 27.2. The van der Waals surface area contributed by atoms with Crippen molar-refractivity contribution in [2.75, 3.05) is 28.4 Å². The first kappa shape index (κ1) is 26.2.